The number of nitrogens with one attached hydrogen (secondary N) is 2. The Morgan fingerprint density at radius 3 is 2.69 bits per heavy atom. The lowest BCUT2D eigenvalue weighted by molar-refractivity contribution is 0.0949. The molecule has 1 heterocycles. The van der Waals surface area contributed by atoms with Crippen LogP contribution in [0.3, 0.4) is 0 Å². The van der Waals surface area contributed by atoms with Crippen molar-refractivity contribution in [2.24, 2.45) is 5.92 Å². The minimum absolute atomic E-state index is 0.0456. The molecule has 0 atom stereocenters. The van der Waals surface area contributed by atoms with Crippen molar-refractivity contribution in [2.75, 3.05) is 18.9 Å². The van der Waals surface area contributed by atoms with Gasteiger partial charge in [-0.2, -0.15) is 0 Å². The lowest BCUT2D eigenvalue weighted by Crippen LogP contribution is -2.27. The Labute approximate surface area is 96.5 Å². The number of nitrogens with zero attached hydrogens (tertiary/aromatic N) is 1. The molecular weight excluding hydrogens is 202 g/mol. The molecule has 0 aromatic carbocycles. The molecule has 1 aromatic heterocycles. The van der Waals surface area contributed by atoms with Crippen LogP contribution in [0.25, 0.3) is 0 Å². The molecule has 0 aliphatic heterocycles. The zero-order chi connectivity index (χ0) is 12.1. The van der Waals surface area contributed by atoms with Crippen molar-refractivity contribution in [3.8, 4) is 0 Å². The van der Waals surface area contributed by atoms with Crippen molar-refractivity contribution < 1.29 is 4.79 Å². The third-order valence-corrected chi connectivity index (χ3v) is 2.14. The molecule has 0 unspecified atom stereocenters. The standard InChI is InChI=1S/C12H19N3O/c1-8(2)7-14-12(16)10-5-9(3)15-11(6-10)13-4/h5-6,8H,7H2,1-4H3,(H,13,15)(H,14,16). The highest BCUT2D eigenvalue weighted by Gasteiger charge is 2.08. The van der Waals surface area contributed by atoms with Crippen LogP contribution in [-0.4, -0.2) is 24.5 Å². The van der Waals surface area contributed by atoms with Gasteiger partial charge in [-0.1, -0.05) is 13.8 Å². The summed E-state index contributed by atoms with van der Waals surface area (Å²) in [6, 6.07) is 3.54. The summed E-state index contributed by atoms with van der Waals surface area (Å²) >= 11 is 0. The van der Waals surface area contributed by atoms with Gasteiger partial charge >= 0.3 is 0 Å². The zero-order valence-corrected chi connectivity index (χ0v) is 10.3. The summed E-state index contributed by atoms with van der Waals surface area (Å²) in [7, 11) is 1.79. The maximum atomic E-state index is 11.8. The normalized spacial score (nSPS) is 10.3. The Bertz CT molecular complexity index is 375. The third-order valence-electron chi connectivity index (χ3n) is 2.14. The van der Waals surface area contributed by atoms with Crippen LogP contribution in [0, 0.1) is 12.8 Å². The molecular formula is C12H19N3O. The number of hydrogen-bond acceptors (Lipinski definition) is 3. The first-order valence-corrected chi connectivity index (χ1v) is 5.47. The maximum absolute atomic E-state index is 11.8. The quantitative estimate of drug-likeness (QED) is 0.815. The highest BCUT2D eigenvalue weighted by atomic mass is 16.1. The lowest BCUT2D eigenvalue weighted by Gasteiger charge is -2.09. The van der Waals surface area contributed by atoms with Crippen LogP contribution >= 0.6 is 0 Å². The Morgan fingerprint density at radius 2 is 2.12 bits per heavy atom. The Kier molecular flexibility index (Phi) is 4.28. The summed E-state index contributed by atoms with van der Waals surface area (Å²) in [6.07, 6.45) is 0. The second-order valence-corrected chi connectivity index (χ2v) is 4.24. The lowest BCUT2D eigenvalue weighted by atomic mass is 10.2. The first-order valence-electron chi connectivity index (χ1n) is 5.47. The van der Waals surface area contributed by atoms with E-state index in [-0.39, 0.29) is 5.91 Å². The molecule has 0 saturated heterocycles. The summed E-state index contributed by atoms with van der Waals surface area (Å²) < 4.78 is 0. The van der Waals surface area contributed by atoms with Gasteiger partial charge in [0.05, 0.1) is 0 Å². The molecule has 16 heavy (non-hydrogen) atoms. The maximum Gasteiger partial charge on any atom is 0.251 e. The fourth-order valence-electron chi connectivity index (χ4n) is 1.33. The Morgan fingerprint density at radius 1 is 1.44 bits per heavy atom. The SMILES string of the molecule is CNc1cc(C(=O)NCC(C)C)cc(C)n1. The number of aromatic nitrogens is 1. The number of carbonyl (C=O) groups excluding carboxylic acids is 1. The second-order valence-electron chi connectivity index (χ2n) is 4.24. The van der Waals surface area contributed by atoms with Crippen LogP contribution in [0.2, 0.25) is 0 Å². The highest BCUT2D eigenvalue weighted by molar-refractivity contribution is 5.94. The van der Waals surface area contributed by atoms with Crippen LogP contribution in [0.5, 0.6) is 0 Å². The number of pyridine rings is 1. The molecule has 0 radical (unpaired) electrons. The summed E-state index contributed by atoms with van der Waals surface area (Å²) in [5, 5.41) is 5.82. The third kappa shape index (κ3) is 3.53. The predicted molar refractivity (Wildman–Crippen MR) is 65.7 cm³/mol. The molecule has 0 saturated carbocycles. The monoisotopic (exact) mass is 221 g/mol. The van der Waals surface area contributed by atoms with E-state index in [4.69, 9.17) is 0 Å². The van der Waals surface area contributed by atoms with E-state index >= 15 is 0 Å². The predicted octanol–water partition coefficient (Wildman–Crippen LogP) is 1.82. The molecule has 1 rings (SSSR count). The van der Waals surface area contributed by atoms with Gasteiger partial charge in [0.2, 0.25) is 0 Å². The van der Waals surface area contributed by atoms with Gasteiger partial charge in [0.25, 0.3) is 5.91 Å². The average Bonchev–Trinajstić information content (AvgIpc) is 2.24. The molecule has 0 bridgehead atoms. The van der Waals surface area contributed by atoms with Gasteiger partial charge in [-0.3, -0.25) is 4.79 Å². The van der Waals surface area contributed by atoms with Crippen LogP contribution in [0.1, 0.15) is 29.9 Å². The van der Waals surface area contributed by atoms with Gasteiger partial charge in [0.1, 0.15) is 5.82 Å². The average molecular weight is 221 g/mol. The summed E-state index contributed by atoms with van der Waals surface area (Å²) in [6.45, 7) is 6.70. The molecule has 4 heteroatoms. The minimum atomic E-state index is -0.0456. The number of rotatable bonds is 4. The summed E-state index contributed by atoms with van der Waals surface area (Å²) in [4.78, 5) is 16.0. The molecule has 0 aliphatic carbocycles. The van der Waals surface area contributed by atoms with Gasteiger partial charge in [-0.25, -0.2) is 4.98 Å². The largest absolute Gasteiger partial charge is 0.373 e. The molecule has 4 nitrogen and oxygen atoms in total. The first kappa shape index (κ1) is 12.5. The van der Waals surface area contributed by atoms with E-state index in [9.17, 15) is 4.79 Å². The van der Waals surface area contributed by atoms with Gasteiger partial charge in [-0.05, 0) is 25.0 Å². The van der Waals surface area contributed by atoms with Crippen LogP contribution in [-0.2, 0) is 0 Å². The minimum Gasteiger partial charge on any atom is -0.373 e. The molecule has 0 aliphatic rings. The van der Waals surface area contributed by atoms with Crippen molar-refractivity contribution in [1.29, 1.82) is 0 Å². The van der Waals surface area contributed by atoms with E-state index in [1.807, 2.05) is 6.92 Å². The van der Waals surface area contributed by atoms with Crippen molar-refractivity contribution in [2.45, 2.75) is 20.8 Å². The first-order chi connectivity index (χ1) is 7.52. The molecule has 88 valence electrons. The Balaban J connectivity index is 2.78. The van der Waals surface area contributed by atoms with Crippen molar-refractivity contribution in [3.05, 3.63) is 23.4 Å². The number of aryl methyl sites for hydroxylation is 1. The van der Waals surface area contributed by atoms with E-state index in [0.29, 0.717) is 18.0 Å². The van der Waals surface area contributed by atoms with Crippen LogP contribution in [0.4, 0.5) is 5.82 Å². The van der Waals surface area contributed by atoms with Gasteiger partial charge in [0, 0.05) is 24.8 Å². The number of hydrogen-bond donors (Lipinski definition) is 2. The van der Waals surface area contributed by atoms with Gasteiger partial charge in [0.15, 0.2) is 0 Å². The van der Waals surface area contributed by atoms with E-state index in [2.05, 4.69) is 29.5 Å². The van der Waals surface area contributed by atoms with Gasteiger partial charge < -0.3 is 10.6 Å². The van der Waals surface area contributed by atoms with Crippen LogP contribution < -0.4 is 10.6 Å². The number of anilines is 1. The fraction of sp³-hybridized carbons (Fsp3) is 0.500. The molecule has 2 N–H and O–H groups in total. The smallest absolute Gasteiger partial charge is 0.251 e. The van der Waals surface area contributed by atoms with Gasteiger partial charge in [-0.15, -0.1) is 0 Å². The topological polar surface area (TPSA) is 54.0 Å². The Hall–Kier alpha value is -1.58. The molecule has 0 spiro atoms. The molecule has 1 amide bonds. The van der Waals surface area contributed by atoms with Crippen molar-refractivity contribution in [1.82, 2.24) is 10.3 Å². The fourth-order valence-corrected chi connectivity index (χ4v) is 1.33. The van der Waals surface area contributed by atoms with Crippen molar-refractivity contribution in [3.63, 3.8) is 0 Å². The second kappa shape index (κ2) is 5.49. The summed E-state index contributed by atoms with van der Waals surface area (Å²) in [5.41, 5.74) is 1.49. The number of carbonyl (C=O) groups is 1. The highest BCUT2D eigenvalue weighted by Crippen LogP contribution is 2.09. The van der Waals surface area contributed by atoms with E-state index in [0.717, 1.165) is 11.5 Å². The van der Waals surface area contributed by atoms with Crippen LogP contribution in [0.15, 0.2) is 12.1 Å². The van der Waals surface area contributed by atoms with Crippen molar-refractivity contribution >= 4 is 11.7 Å². The van der Waals surface area contributed by atoms with E-state index in [1.54, 1.807) is 19.2 Å². The van der Waals surface area contributed by atoms with E-state index in [1.165, 1.54) is 0 Å². The molecule has 0 fully saturated rings. The summed E-state index contributed by atoms with van der Waals surface area (Å²) in [5.74, 6) is 1.13. The van der Waals surface area contributed by atoms with E-state index < -0.39 is 0 Å². The number of amides is 1. The molecule has 1 aromatic rings. The zero-order valence-electron chi connectivity index (χ0n) is 10.3.